The average Bonchev–Trinajstić information content (AvgIpc) is 2.64. The lowest BCUT2D eigenvalue weighted by molar-refractivity contribution is -0.141. The van der Waals surface area contributed by atoms with Crippen LogP contribution >= 0.6 is 0 Å². The minimum atomic E-state index is -1.15. The molecule has 1 aliphatic heterocycles. The summed E-state index contributed by atoms with van der Waals surface area (Å²) in [4.78, 5) is 11.6. The summed E-state index contributed by atoms with van der Waals surface area (Å²) in [7, 11) is 0. The molecule has 3 heteroatoms. The zero-order valence-electron chi connectivity index (χ0n) is 14.5. The normalized spacial score (nSPS) is 17.8. The van der Waals surface area contributed by atoms with Crippen LogP contribution < -0.4 is 4.74 Å². The molecule has 0 bridgehead atoms. The molecule has 21 heavy (non-hydrogen) atoms. The van der Waals surface area contributed by atoms with Crippen molar-refractivity contribution in [1.29, 1.82) is 0 Å². The summed E-state index contributed by atoms with van der Waals surface area (Å²) in [6, 6.07) is 3.98. The Hall–Kier alpha value is -1.35. The Labute approximate surface area is 128 Å². The van der Waals surface area contributed by atoms with E-state index < -0.39 is 12.1 Å². The largest absolute Gasteiger partial charge is 0.424 e. The SMILES string of the molecule is CC.CC(C)(C)c1cc2c(c(C(C)(C)C)c1)OC(=O)C2O. The molecule has 2 rings (SSSR count). The summed E-state index contributed by atoms with van der Waals surface area (Å²) >= 11 is 0. The molecule has 1 aromatic carbocycles. The maximum absolute atomic E-state index is 11.6. The van der Waals surface area contributed by atoms with Crippen molar-refractivity contribution in [2.75, 3.05) is 0 Å². The first-order valence-electron chi connectivity index (χ1n) is 7.60. The standard InChI is InChI=1S/C16H22O3.C2H6/c1-15(2,3)9-7-10-12(17)14(18)19-13(10)11(8-9)16(4,5)6;1-2/h7-8,12,17H,1-6H3;1-2H3. The molecule has 1 aliphatic rings. The van der Waals surface area contributed by atoms with Crippen molar-refractivity contribution in [3.8, 4) is 5.75 Å². The number of aliphatic hydroxyl groups excluding tert-OH is 1. The monoisotopic (exact) mass is 292 g/mol. The van der Waals surface area contributed by atoms with Gasteiger partial charge in [0.05, 0.1) is 0 Å². The Kier molecular flexibility index (Phi) is 4.89. The predicted octanol–water partition coefficient (Wildman–Crippen LogP) is 4.26. The van der Waals surface area contributed by atoms with Gasteiger partial charge in [-0.1, -0.05) is 61.5 Å². The van der Waals surface area contributed by atoms with Gasteiger partial charge in [-0.15, -0.1) is 0 Å². The highest BCUT2D eigenvalue weighted by molar-refractivity contribution is 5.85. The van der Waals surface area contributed by atoms with Crippen LogP contribution in [0.5, 0.6) is 5.75 Å². The van der Waals surface area contributed by atoms with E-state index in [9.17, 15) is 9.90 Å². The topological polar surface area (TPSA) is 46.5 Å². The number of hydrogen-bond donors (Lipinski definition) is 1. The lowest BCUT2D eigenvalue weighted by Gasteiger charge is -2.26. The molecule has 1 atom stereocenters. The maximum Gasteiger partial charge on any atom is 0.345 e. The average molecular weight is 292 g/mol. The molecule has 0 fully saturated rings. The van der Waals surface area contributed by atoms with Gasteiger partial charge in [0.1, 0.15) is 5.75 Å². The van der Waals surface area contributed by atoms with Crippen LogP contribution in [0.1, 0.15) is 78.2 Å². The minimum Gasteiger partial charge on any atom is -0.424 e. The van der Waals surface area contributed by atoms with E-state index in [4.69, 9.17) is 4.74 Å². The van der Waals surface area contributed by atoms with Crippen molar-refractivity contribution in [2.45, 2.75) is 72.3 Å². The predicted molar refractivity (Wildman–Crippen MR) is 85.8 cm³/mol. The second-order valence-electron chi connectivity index (χ2n) is 7.27. The molecule has 0 saturated heterocycles. The van der Waals surface area contributed by atoms with Gasteiger partial charge in [0, 0.05) is 11.1 Å². The molecule has 1 aromatic rings. The van der Waals surface area contributed by atoms with E-state index in [0.717, 1.165) is 11.1 Å². The lowest BCUT2D eigenvalue weighted by atomic mass is 9.78. The van der Waals surface area contributed by atoms with Crippen molar-refractivity contribution in [2.24, 2.45) is 0 Å². The first-order chi connectivity index (χ1) is 9.51. The third-order valence-electron chi connectivity index (χ3n) is 3.51. The van der Waals surface area contributed by atoms with Gasteiger partial charge >= 0.3 is 5.97 Å². The second kappa shape index (κ2) is 5.80. The highest BCUT2D eigenvalue weighted by Crippen LogP contribution is 2.44. The summed E-state index contributed by atoms with van der Waals surface area (Å²) in [5.74, 6) is -0.0374. The van der Waals surface area contributed by atoms with Crippen LogP contribution in [0, 0.1) is 0 Å². The molecule has 0 amide bonds. The van der Waals surface area contributed by atoms with Crippen LogP contribution in [0.25, 0.3) is 0 Å². The molecule has 3 nitrogen and oxygen atoms in total. The summed E-state index contributed by atoms with van der Waals surface area (Å²) in [5.41, 5.74) is 2.49. The fraction of sp³-hybridized carbons (Fsp3) is 0.611. The Balaban J connectivity index is 0.00000106. The van der Waals surface area contributed by atoms with E-state index in [1.165, 1.54) is 0 Å². The van der Waals surface area contributed by atoms with Crippen molar-refractivity contribution in [3.05, 3.63) is 28.8 Å². The fourth-order valence-corrected chi connectivity index (χ4v) is 2.24. The van der Waals surface area contributed by atoms with E-state index in [0.29, 0.717) is 11.3 Å². The molecular formula is C18H28O3. The van der Waals surface area contributed by atoms with E-state index in [2.05, 4.69) is 47.6 Å². The van der Waals surface area contributed by atoms with Gasteiger partial charge in [-0.05, 0) is 22.5 Å². The number of esters is 1. The smallest absolute Gasteiger partial charge is 0.345 e. The zero-order chi connectivity index (χ0) is 16.6. The fourth-order valence-electron chi connectivity index (χ4n) is 2.24. The molecule has 1 N–H and O–H groups in total. The van der Waals surface area contributed by atoms with Crippen molar-refractivity contribution >= 4 is 5.97 Å². The van der Waals surface area contributed by atoms with Gasteiger partial charge in [0.15, 0.2) is 6.10 Å². The zero-order valence-corrected chi connectivity index (χ0v) is 14.5. The Morgan fingerprint density at radius 2 is 1.52 bits per heavy atom. The molecule has 118 valence electrons. The summed E-state index contributed by atoms with van der Waals surface area (Å²) in [5, 5.41) is 9.96. The third kappa shape index (κ3) is 3.46. The summed E-state index contributed by atoms with van der Waals surface area (Å²) < 4.78 is 5.26. The third-order valence-corrected chi connectivity index (χ3v) is 3.51. The molecular weight excluding hydrogens is 264 g/mol. The first-order valence-corrected chi connectivity index (χ1v) is 7.60. The van der Waals surface area contributed by atoms with Crippen molar-refractivity contribution < 1.29 is 14.6 Å². The van der Waals surface area contributed by atoms with Crippen LogP contribution in [0.3, 0.4) is 0 Å². The molecule has 1 heterocycles. The van der Waals surface area contributed by atoms with E-state index >= 15 is 0 Å². The molecule has 0 saturated carbocycles. The van der Waals surface area contributed by atoms with Crippen LogP contribution in [-0.2, 0) is 15.6 Å². The summed E-state index contributed by atoms with van der Waals surface area (Å²) in [6.45, 7) is 16.6. The number of benzene rings is 1. The highest BCUT2D eigenvalue weighted by Gasteiger charge is 2.37. The van der Waals surface area contributed by atoms with Gasteiger partial charge in [-0.3, -0.25) is 0 Å². The number of hydrogen-bond acceptors (Lipinski definition) is 3. The van der Waals surface area contributed by atoms with E-state index in [1.54, 1.807) is 0 Å². The van der Waals surface area contributed by atoms with Crippen molar-refractivity contribution in [3.63, 3.8) is 0 Å². The number of fused-ring (bicyclic) bond motifs is 1. The molecule has 0 aliphatic carbocycles. The van der Waals surface area contributed by atoms with Crippen LogP contribution in [0.4, 0.5) is 0 Å². The summed E-state index contributed by atoms with van der Waals surface area (Å²) in [6.07, 6.45) is -1.15. The Morgan fingerprint density at radius 3 is 1.95 bits per heavy atom. The number of carbonyl (C=O) groups excluding carboxylic acids is 1. The number of rotatable bonds is 0. The highest BCUT2D eigenvalue weighted by atomic mass is 16.6. The Bertz CT molecular complexity index is 531. The molecule has 0 aromatic heterocycles. The number of aliphatic hydroxyl groups is 1. The quantitative estimate of drug-likeness (QED) is 0.574. The van der Waals surface area contributed by atoms with E-state index in [-0.39, 0.29) is 10.8 Å². The molecule has 0 spiro atoms. The number of ether oxygens (including phenoxy) is 1. The van der Waals surface area contributed by atoms with Crippen molar-refractivity contribution in [1.82, 2.24) is 0 Å². The van der Waals surface area contributed by atoms with Crippen LogP contribution in [0.2, 0.25) is 0 Å². The molecule has 1 unspecified atom stereocenters. The number of carbonyl (C=O) groups is 1. The van der Waals surface area contributed by atoms with Gasteiger partial charge < -0.3 is 9.84 Å². The Morgan fingerprint density at radius 1 is 1.00 bits per heavy atom. The van der Waals surface area contributed by atoms with E-state index in [1.807, 2.05) is 19.9 Å². The molecule has 0 radical (unpaired) electrons. The lowest BCUT2D eigenvalue weighted by Crippen LogP contribution is -2.17. The van der Waals surface area contributed by atoms with Crippen LogP contribution in [-0.4, -0.2) is 11.1 Å². The minimum absolute atomic E-state index is 0.0413. The first kappa shape index (κ1) is 17.7. The van der Waals surface area contributed by atoms with Crippen LogP contribution in [0.15, 0.2) is 12.1 Å². The second-order valence-corrected chi connectivity index (χ2v) is 7.27. The van der Waals surface area contributed by atoms with Gasteiger partial charge in [-0.2, -0.15) is 0 Å². The van der Waals surface area contributed by atoms with Gasteiger partial charge in [0.2, 0.25) is 0 Å². The van der Waals surface area contributed by atoms with Gasteiger partial charge in [0.25, 0.3) is 0 Å². The van der Waals surface area contributed by atoms with Gasteiger partial charge in [-0.25, -0.2) is 4.79 Å². The maximum atomic E-state index is 11.6.